The van der Waals surface area contributed by atoms with Crippen LogP contribution in [0.1, 0.15) is 12.5 Å². The van der Waals surface area contributed by atoms with Crippen LogP contribution in [0.25, 0.3) is 0 Å². The van der Waals surface area contributed by atoms with Crippen molar-refractivity contribution in [3.63, 3.8) is 0 Å². The predicted octanol–water partition coefficient (Wildman–Crippen LogP) is 3.44. The topological polar surface area (TPSA) is 58.4 Å². The second-order valence-corrected chi connectivity index (χ2v) is 6.16. The van der Waals surface area contributed by atoms with E-state index < -0.39 is 0 Å². The number of thiophene rings is 1. The molecular weight excluding hydrogens is 306 g/mol. The lowest BCUT2D eigenvalue weighted by Crippen LogP contribution is -2.39. The van der Waals surface area contributed by atoms with Crippen molar-refractivity contribution in [2.75, 3.05) is 18.1 Å². The van der Waals surface area contributed by atoms with Gasteiger partial charge in [0.05, 0.1) is 17.4 Å². The number of hydrogen-bond donors (Lipinski definition) is 2. The lowest BCUT2D eigenvalue weighted by Gasteiger charge is -2.23. The van der Waals surface area contributed by atoms with E-state index in [2.05, 4.69) is 16.8 Å². The van der Waals surface area contributed by atoms with Gasteiger partial charge in [-0.1, -0.05) is 11.6 Å². The molecule has 1 atom stereocenters. The number of benzene rings is 1. The summed E-state index contributed by atoms with van der Waals surface area (Å²) in [4.78, 5) is 14.3. The van der Waals surface area contributed by atoms with E-state index in [4.69, 9.17) is 17.3 Å². The Bertz CT molecular complexity index is 615. The fourth-order valence-corrected chi connectivity index (χ4v) is 2.73. The van der Waals surface area contributed by atoms with E-state index in [1.54, 1.807) is 29.5 Å². The van der Waals surface area contributed by atoms with E-state index in [0.717, 1.165) is 6.54 Å². The molecule has 4 nitrogen and oxygen atoms in total. The van der Waals surface area contributed by atoms with Gasteiger partial charge in [0.25, 0.3) is 0 Å². The largest absolute Gasteiger partial charge is 0.397 e. The standard InChI is InChI=1S/C15H18ClN3OS/c1-10(19(2)8-11-5-6-21-9-11)15(20)18-14-4-3-12(16)7-13(14)17/h3-7,9-10H,8,17H2,1-2H3,(H,18,20). The van der Waals surface area contributed by atoms with Crippen LogP contribution in [0.4, 0.5) is 11.4 Å². The summed E-state index contributed by atoms with van der Waals surface area (Å²) in [6.07, 6.45) is 0. The van der Waals surface area contributed by atoms with Gasteiger partial charge < -0.3 is 11.1 Å². The summed E-state index contributed by atoms with van der Waals surface area (Å²) in [5.41, 5.74) is 8.09. The summed E-state index contributed by atoms with van der Waals surface area (Å²) in [7, 11) is 1.92. The van der Waals surface area contributed by atoms with Crippen molar-refractivity contribution in [2.45, 2.75) is 19.5 Å². The first-order valence-electron chi connectivity index (χ1n) is 6.54. The van der Waals surface area contributed by atoms with Gasteiger partial charge in [-0.15, -0.1) is 0 Å². The summed E-state index contributed by atoms with van der Waals surface area (Å²) in [6.45, 7) is 2.60. The van der Waals surface area contributed by atoms with Crippen molar-refractivity contribution in [2.24, 2.45) is 0 Å². The van der Waals surface area contributed by atoms with Crippen LogP contribution in [-0.2, 0) is 11.3 Å². The third-order valence-corrected chi connectivity index (χ3v) is 4.29. The molecule has 0 saturated carbocycles. The molecule has 112 valence electrons. The van der Waals surface area contributed by atoms with Crippen molar-refractivity contribution in [1.82, 2.24) is 4.90 Å². The first kappa shape index (κ1) is 15.8. The monoisotopic (exact) mass is 323 g/mol. The van der Waals surface area contributed by atoms with Crippen molar-refractivity contribution in [3.8, 4) is 0 Å². The number of nitrogens with zero attached hydrogens (tertiary/aromatic N) is 1. The van der Waals surface area contributed by atoms with E-state index >= 15 is 0 Å². The number of nitrogens with one attached hydrogen (secondary N) is 1. The van der Waals surface area contributed by atoms with Gasteiger partial charge in [-0.05, 0) is 54.6 Å². The molecule has 1 aromatic carbocycles. The second-order valence-electron chi connectivity index (χ2n) is 4.94. The number of likely N-dealkylation sites (N-methyl/N-ethyl adjacent to an activating group) is 1. The zero-order valence-corrected chi connectivity index (χ0v) is 13.5. The minimum absolute atomic E-state index is 0.0956. The van der Waals surface area contributed by atoms with Gasteiger partial charge in [-0.25, -0.2) is 0 Å². The SMILES string of the molecule is CC(C(=O)Nc1ccc(Cl)cc1N)N(C)Cc1ccsc1. The summed E-state index contributed by atoms with van der Waals surface area (Å²) in [5.74, 6) is -0.0956. The molecule has 0 bridgehead atoms. The molecule has 0 spiro atoms. The first-order chi connectivity index (χ1) is 9.97. The molecule has 0 saturated heterocycles. The van der Waals surface area contributed by atoms with E-state index in [1.165, 1.54) is 5.56 Å². The molecule has 1 heterocycles. The Hall–Kier alpha value is -1.56. The Morgan fingerprint density at radius 3 is 2.86 bits per heavy atom. The highest BCUT2D eigenvalue weighted by Crippen LogP contribution is 2.23. The number of anilines is 2. The smallest absolute Gasteiger partial charge is 0.241 e. The van der Waals surface area contributed by atoms with Crippen LogP contribution >= 0.6 is 22.9 Å². The van der Waals surface area contributed by atoms with E-state index in [1.807, 2.05) is 24.3 Å². The van der Waals surface area contributed by atoms with Crippen molar-refractivity contribution in [3.05, 3.63) is 45.6 Å². The molecule has 0 radical (unpaired) electrons. The molecule has 6 heteroatoms. The van der Waals surface area contributed by atoms with Crippen LogP contribution in [-0.4, -0.2) is 23.9 Å². The molecule has 1 amide bonds. The number of nitrogens with two attached hydrogens (primary N) is 1. The molecule has 0 aliphatic rings. The first-order valence-corrected chi connectivity index (χ1v) is 7.86. The molecule has 0 fully saturated rings. The van der Waals surface area contributed by atoms with Gasteiger partial charge in [0.2, 0.25) is 5.91 Å². The lowest BCUT2D eigenvalue weighted by molar-refractivity contribution is -0.120. The minimum Gasteiger partial charge on any atom is -0.397 e. The Labute approximate surface area is 133 Å². The average Bonchev–Trinajstić information content (AvgIpc) is 2.93. The molecule has 0 aliphatic heterocycles. The maximum absolute atomic E-state index is 12.3. The Balaban J connectivity index is 1.98. The molecule has 1 unspecified atom stereocenters. The van der Waals surface area contributed by atoms with Gasteiger partial charge in [-0.2, -0.15) is 11.3 Å². The molecule has 2 rings (SSSR count). The normalized spacial score (nSPS) is 12.4. The summed E-state index contributed by atoms with van der Waals surface area (Å²) >= 11 is 7.50. The fraction of sp³-hybridized carbons (Fsp3) is 0.267. The number of carbonyl (C=O) groups is 1. The van der Waals surface area contributed by atoms with E-state index in [-0.39, 0.29) is 11.9 Å². The van der Waals surface area contributed by atoms with Crippen molar-refractivity contribution < 1.29 is 4.79 Å². The fourth-order valence-electron chi connectivity index (χ4n) is 1.89. The Morgan fingerprint density at radius 2 is 2.24 bits per heavy atom. The predicted molar refractivity (Wildman–Crippen MR) is 89.7 cm³/mol. The Kier molecular flexibility index (Phi) is 5.22. The number of rotatable bonds is 5. The molecule has 3 N–H and O–H groups in total. The van der Waals surface area contributed by atoms with Crippen LogP contribution in [0.5, 0.6) is 0 Å². The van der Waals surface area contributed by atoms with Crippen molar-refractivity contribution >= 4 is 40.2 Å². The zero-order valence-electron chi connectivity index (χ0n) is 12.0. The summed E-state index contributed by atoms with van der Waals surface area (Å²) in [5, 5.41) is 7.50. The Morgan fingerprint density at radius 1 is 1.48 bits per heavy atom. The second kappa shape index (κ2) is 6.93. The summed E-state index contributed by atoms with van der Waals surface area (Å²) in [6, 6.07) is 6.83. The summed E-state index contributed by atoms with van der Waals surface area (Å²) < 4.78 is 0. The van der Waals surface area contributed by atoms with E-state index in [9.17, 15) is 4.79 Å². The zero-order chi connectivity index (χ0) is 15.4. The maximum Gasteiger partial charge on any atom is 0.241 e. The van der Waals surface area contributed by atoms with Crippen LogP contribution in [0.2, 0.25) is 5.02 Å². The number of amides is 1. The third kappa shape index (κ3) is 4.20. The average molecular weight is 324 g/mol. The van der Waals surface area contributed by atoms with Gasteiger partial charge in [0.1, 0.15) is 0 Å². The van der Waals surface area contributed by atoms with Crippen LogP contribution in [0.15, 0.2) is 35.0 Å². The highest BCUT2D eigenvalue weighted by Gasteiger charge is 2.19. The molecular formula is C15H18ClN3OS. The molecule has 1 aromatic heterocycles. The molecule has 0 aliphatic carbocycles. The highest BCUT2D eigenvalue weighted by molar-refractivity contribution is 7.07. The van der Waals surface area contributed by atoms with Crippen LogP contribution < -0.4 is 11.1 Å². The quantitative estimate of drug-likeness (QED) is 0.829. The van der Waals surface area contributed by atoms with Crippen LogP contribution in [0.3, 0.4) is 0 Å². The van der Waals surface area contributed by atoms with Gasteiger partial charge in [-0.3, -0.25) is 9.69 Å². The number of hydrogen-bond acceptors (Lipinski definition) is 4. The van der Waals surface area contributed by atoms with Crippen molar-refractivity contribution in [1.29, 1.82) is 0 Å². The maximum atomic E-state index is 12.3. The minimum atomic E-state index is -0.264. The number of halogens is 1. The number of nitrogen functional groups attached to an aromatic ring is 1. The molecule has 21 heavy (non-hydrogen) atoms. The highest BCUT2D eigenvalue weighted by atomic mass is 35.5. The third-order valence-electron chi connectivity index (χ3n) is 3.32. The molecule has 2 aromatic rings. The number of carbonyl (C=O) groups excluding carboxylic acids is 1. The lowest BCUT2D eigenvalue weighted by atomic mass is 10.2. The van der Waals surface area contributed by atoms with E-state index in [0.29, 0.717) is 16.4 Å². The van der Waals surface area contributed by atoms with Gasteiger partial charge >= 0.3 is 0 Å². The van der Waals surface area contributed by atoms with Gasteiger partial charge in [0, 0.05) is 11.6 Å². The van der Waals surface area contributed by atoms with Crippen LogP contribution in [0, 0.1) is 0 Å². The van der Waals surface area contributed by atoms with Gasteiger partial charge in [0.15, 0.2) is 0 Å².